The van der Waals surface area contributed by atoms with Gasteiger partial charge < -0.3 is 15.8 Å². The van der Waals surface area contributed by atoms with E-state index in [1.807, 2.05) is 0 Å². The van der Waals surface area contributed by atoms with Crippen molar-refractivity contribution in [1.82, 2.24) is 5.32 Å². The van der Waals surface area contributed by atoms with Gasteiger partial charge in [-0.3, -0.25) is 4.79 Å². The number of rotatable bonds is 6. The molecule has 1 fully saturated rings. The van der Waals surface area contributed by atoms with E-state index in [4.69, 9.17) is 10.5 Å². The highest BCUT2D eigenvalue weighted by atomic mass is 16.5. The van der Waals surface area contributed by atoms with Crippen molar-refractivity contribution >= 4 is 5.91 Å². The molecule has 0 radical (unpaired) electrons. The molecular formula is C14H28N2O2. The van der Waals surface area contributed by atoms with Crippen LogP contribution in [0.4, 0.5) is 0 Å². The van der Waals surface area contributed by atoms with E-state index in [1.54, 1.807) is 7.11 Å². The smallest absolute Gasteiger partial charge is 0.223 e. The molecule has 0 saturated heterocycles. The number of carbonyl (C=O) groups excluding carboxylic acids is 1. The summed E-state index contributed by atoms with van der Waals surface area (Å²) in [6, 6.07) is 0.120. The van der Waals surface area contributed by atoms with E-state index in [9.17, 15) is 4.79 Å². The summed E-state index contributed by atoms with van der Waals surface area (Å²) in [5, 5.41) is 3.12. The molecule has 1 aliphatic carbocycles. The molecule has 3 N–H and O–H groups in total. The second-order valence-corrected chi connectivity index (χ2v) is 5.77. The summed E-state index contributed by atoms with van der Waals surface area (Å²) in [7, 11) is 1.67. The molecule has 1 aliphatic rings. The quantitative estimate of drug-likeness (QED) is 0.757. The Hall–Kier alpha value is -0.610. The average molecular weight is 256 g/mol. The molecule has 0 spiro atoms. The zero-order chi connectivity index (χ0) is 13.5. The van der Waals surface area contributed by atoms with Gasteiger partial charge in [-0.1, -0.05) is 13.8 Å². The van der Waals surface area contributed by atoms with Crippen LogP contribution in [0.3, 0.4) is 0 Å². The van der Waals surface area contributed by atoms with Crippen molar-refractivity contribution in [2.75, 3.05) is 20.3 Å². The summed E-state index contributed by atoms with van der Waals surface area (Å²) >= 11 is 0. The number of amides is 1. The normalized spacial score (nSPS) is 26.1. The Kier molecular flexibility index (Phi) is 6.65. The van der Waals surface area contributed by atoms with Gasteiger partial charge in [-0.05, 0) is 44.1 Å². The SMILES string of the molecule is COCC(NC(=O)C1CCC(CN)CC1)C(C)C. The molecule has 1 unspecified atom stereocenters. The number of ether oxygens (including phenoxy) is 1. The lowest BCUT2D eigenvalue weighted by Gasteiger charge is -2.29. The third-order valence-electron chi connectivity index (χ3n) is 4.03. The fraction of sp³-hybridized carbons (Fsp3) is 0.929. The van der Waals surface area contributed by atoms with Crippen molar-refractivity contribution in [2.24, 2.45) is 23.5 Å². The van der Waals surface area contributed by atoms with Crippen LogP contribution in [0.5, 0.6) is 0 Å². The maximum atomic E-state index is 12.2. The minimum absolute atomic E-state index is 0.120. The molecule has 4 heteroatoms. The van der Waals surface area contributed by atoms with Crippen molar-refractivity contribution < 1.29 is 9.53 Å². The molecule has 0 aromatic carbocycles. The fourth-order valence-corrected chi connectivity index (χ4v) is 2.54. The molecule has 0 heterocycles. The highest BCUT2D eigenvalue weighted by molar-refractivity contribution is 5.79. The first-order chi connectivity index (χ1) is 8.58. The van der Waals surface area contributed by atoms with Gasteiger partial charge in [0.1, 0.15) is 0 Å². The Labute approximate surface area is 111 Å². The minimum atomic E-state index is 0.120. The van der Waals surface area contributed by atoms with Crippen molar-refractivity contribution in [3.8, 4) is 0 Å². The number of nitrogens with one attached hydrogen (secondary N) is 1. The van der Waals surface area contributed by atoms with Crippen LogP contribution < -0.4 is 11.1 Å². The zero-order valence-electron chi connectivity index (χ0n) is 11.9. The van der Waals surface area contributed by atoms with Gasteiger partial charge in [-0.25, -0.2) is 0 Å². The van der Waals surface area contributed by atoms with Gasteiger partial charge in [0.15, 0.2) is 0 Å². The van der Waals surface area contributed by atoms with Crippen LogP contribution in [0, 0.1) is 17.8 Å². The van der Waals surface area contributed by atoms with Crippen LogP contribution in [-0.2, 0) is 9.53 Å². The molecule has 1 atom stereocenters. The molecule has 4 nitrogen and oxygen atoms in total. The molecule has 0 aromatic rings. The topological polar surface area (TPSA) is 64.3 Å². The van der Waals surface area contributed by atoms with Crippen LogP contribution in [0.15, 0.2) is 0 Å². The lowest BCUT2D eigenvalue weighted by molar-refractivity contribution is -0.127. The van der Waals surface area contributed by atoms with Crippen LogP contribution in [0.2, 0.25) is 0 Å². The molecule has 0 bridgehead atoms. The van der Waals surface area contributed by atoms with Gasteiger partial charge in [0.25, 0.3) is 0 Å². The molecule has 106 valence electrons. The summed E-state index contributed by atoms with van der Waals surface area (Å²) in [5.74, 6) is 1.38. The predicted molar refractivity (Wildman–Crippen MR) is 73.1 cm³/mol. The van der Waals surface area contributed by atoms with Crippen LogP contribution >= 0.6 is 0 Å². The van der Waals surface area contributed by atoms with E-state index >= 15 is 0 Å². The number of hydrogen-bond acceptors (Lipinski definition) is 3. The average Bonchev–Trinajstić information content (AvgIpc) is 2.38. The summed E-state index contributed by atoms with van der Waals surface area (Å²) in [4.78, 5) is 12.2. The first-order valence-electron chi connectivity index (χ1n) is 7.07. The number of carbonyl (C=O) groups is 1. The molecule has 0 aromatic heterocycles. The molecule has 0 aliphatic heterocycles. The lowest BCUT2D eigenvalue weighted by Crippen LogP contribution is -2.45. The Morgan fingerprint density at radius 3 is 2.39 bits per heavy atom. The Morgan fingerprint density at radius 2 is 1.94 bits per heavy atom. The number of methoxy groups -OCH3 is 1. The monoisotopic (exact) mass is 256 g/mol. The Morgan fingerprint density at radius 1 is 1.33 bits per heavy atom. The minimum Gasteiger partial charge on any atom is -0.383 e. The molecule has 1 saturated carbocycles. The first-order valence-corrected chi connectivity index (χ1v) is 7.07. The third-order valence-corrected chi connectivity index (χ3v) is 4.03. The van der Waals surface area contributed by atoms with Gasteiger partial charge >= 0.3 is 0 Å². The highest BCUT2D eigenvalue weighted by Gasteiger charge is 2.27. The summed E-state index contributed by atoms with van der Waals surface area (Å²) in [6.45, 7) is 5.55. The van der Waals surface area contributed by atoms with Crippen molar-refractivity contribution in [2.45, 2.75) is 45.6 Å². The van der Waals surface area contributed by atoms with E-state index in [1.165, 1.54) is 0 Å². The van der Waals surface area contributed by atoms with E-state index < -0.39 is 0 Å². The van der Waals surface area contributed by atoms with E-state index in [0.29, 0.717) is 18.4 Å². The first kappa shape index (κ1) is 15.4. The van der Waals surface area contributed by atoms with Gasteiger partial charge in [-0.15, -0.1) is 0 Å². The maximum absolute atomic E-state index is 12.2. The lowest BCUT2D eigenvalue weighted by atomic mass is 9.81. The largest absolute Gasteiger partial charge is 0.383 e. The molecule has 18 heavy (non-hydrogen) atoms. The van der Waals surface area contributed by atoms with Crippen LogP contribution in [0.25, 0.3) is 0 Å². The van der Waals surface area contributed by atoms with Gasteiger partial charge in [0.2, 0.25) is 5.91 Å². The molecule has 1 amide bonds. The van der Waals surface area contributed by atoms with E-state index in [0.717, 1.165) is 32.2 Å². The maximum Gasteiger partial charge on any atom is 0.223 e. The van der Waals surface area contributed by atoms with Crippen molar-refractivity contribution in [1.29, 1.82) is 0 Å². The van der Waals surface area contributed by atoms with Gasteiger partial charge in [0.05, 0.1) is 12.6 Å². The standard InChI is InChI=1S/C14H28N2O2/c1-10(2)13(9-18-3)16-14(17)12-6-4-11(8-15)5-7-12/h10-13H,4-9,15H2,1-3H3,(H,16,17). The van der Waals surface area contributed by atoms with Gasteiger partial charge in [0, 0.05) is 13.0 Å². The van der Waals surface area contributed by atoms with Crippen molar-refractivity contribution in [3.05, 3.63) is 0 Å². The molecular weight excluding hydrogens is 228 g/mol. The van der Waals surface area contributed by atoms with E-state index in [-0.39, 0.29) is 17.9 Å². The van der Waals surface area contributed by atoms with Crippen LogP contribution in [-0.4, -0.2) is 32.2 Å². The second-order valence-electron chi connectivity index (χ2n) is 5.77. The van der Waals surface area contributed by atoms with Crippen LogP contribution in [0.1, 0.15) is 39.5 Å². The number of hydrogen-bond donors (Lipinski definition) is 2. The summed E-state index contributed by atoms with van der Waals surface area (Å²) in [6.07, 6.45) is 4.13. The van der Waals surface area contributed by atoms with Crippen molar-refractivity contribution in [3.63, 3.8) is 0 Å². The highest BCUT2D eigenvalue weighted by Crippen LogP contribution is 2.28. The Balaban J connectivity index is 2.40. The molecule has 1 rings (SSSR count). The zero-order valence-corrected chi connectivity index (χ0v) is 11.9. The number of nitrogens with two attached hydrogens (primary N) is 1. The second kappa shape index (κ2) is 7.74. The summed E-state index contributed by atoms with van der Waals surface area (Å²) in [5.41, 5.74) is 5.67. The fourth-order valence-electron chi connectivity index (χ4n) is 2.54. The van der Waals surface area contributed by atoms with Gasteiger partial charge in [-0.2, -0.15) is 0 Å². The van der Waals surface area contributed by atoms with E-state index in [2.05, 4.69) is 19.2 Å². The predicted octanol–water partition coefficient (Wildman–Crippen LogP) is 1.54. The summed E-state index contributed by atoms with van der Waals surface area (Å²) < 4.78 is 5.16. The Bertz CT molecular complexity index is 248. The third kappa shape index (κ3) is 4.58.